The van der Waals surface area contributed by atoms with Crippen LogP contribution in [0.2, 0.25) is 0 Å². The zero-order chi connectivity index (χ0) is 19.8. The molecule has 0 unspecified atom stereocenters. The van der Waals surface area contributed by atoms with E-state index in [4.69, 9.17) is 9.47 Å². The van der Waals surface area contributed by atoms with Gasteiger partial charge in [0.2, 0.25) is 0 Å². The van der Waals surface area contributed by atoms with Crippen molar-refractivity contribution >= 4 is 23.7 Å². The first-order valence-electron chi connectivity index (χ1n) is 8.74. The number of hydrogen-bond acceptors (Lipinski definition) is 6. The highest BCUT2D eigenvalue weighted by atomic mass is 16.5. The van der Waals surface area contributed by atoms with Crippen molar-refractivity contribution < 1.29 is 28.7 Å². The molecule has 0 radical (unpaired) electrons. The van der Waals surface area contributed by atoms with Gasteiger partial charge in [-0.15, -0.1) is 0 Å². The Morgan fingerprint density at radius 2 is 2.00 bits per heavy atom. The lowest BCUT2D eigenvalue weighted by molar-refractivity contribution is -0.148. The van der Waals surface area contributed by atoms with Crippen LogP contribution in [0.25, 0.3) is 0 Å². The second-order valence-electron chi connectivity index (χ2n) is 7.04. The minimum Gasteiger partial charge on any atom is -0.496 e. The van der Waals surface area contributed by atoms with E-state index >= 15 is 0 Å². The molecule has 0 aromatic heterocycles. The van der Waals surface area contributed by atoms with Crippen LogP contribution in [0.15, 0.2) is 18.2 Å². The Bertz CT molecular complexity index is 816. The molecule has 1 aromatic carbocycles. The Morgan fingerprint density at radius 3 is 2.59 bits per heavy atom. The second kappa shape index (κ2) is 7.02. The maximum absolute atomic E-state index is 12.5. The molecule has 1 saturated heterocycles. The van der Waals surface area contributed by atoms with Crippen LogP contribution in [-0.4, -0.2) is 47.8 Å². The minimum atomic E-state index is -0.934. The van der Waals surface area contributed by atoms with Crippen molar-refractivity contribution in [2.75, 3.05) is 13.7 Å². The zero-order valence-corrected chi connectivity index (χ0v) is 15.5. The van der Waals surface area contributed by atoms with Crippen LogP contribution in [-0.2, 0) is 20.9 Å². The number of nitrogens with zero attached hydrogens (tertiary/aromatic N) is 1. The lowest BCUT2D eigenvalue weighted by atomic mass is 9.96. The van der Waals surface area contributed by atoms with Crippen molar-refractivity contribution in [3.63, 3.8) is 0 Å². The highest BCUT2D eigenvalue weighted by Crippen LogP contribution is 2.42. The summed E-state index contributed by atoms with van der Waals surface area (Å²) in [6.45, 7) is 2.54. The maximum Gasteiger partial charge on any atom is 0.326 e. The van der Waals surface area contributed by atoms with E-state index < -0.39 is 30.0 Å². The smallest absolute Gasteiger partial charge is 0.326 e. The summed E-state index contributed by atoms with van der Waals surface area (Å²) in [6, 6.07) is 4.26. The van der Waals surface area contributed by atoms with Crippen LogP contribution in [0.4, 0.5) is 4.79 Å². The number of methoxy groups -OCH3 is 1. The zero-order valence-electron chi connectivity index (χ0n) is 15.5. The number of benzene rings is 1. The van der Waals surface area contributed by atoms with Crippen LogP contribution in [0.3, 0.4) is 0 Å². The summed E-state index contributed by atoms with van der Waals surface area (Å²) in [5, 5.41) is 2.68. The molecule has 27 heavy (non-hydrogen) atoms. The van der Waals surface area contributed by atoms with Gasteiger partial charge in [0.1, 0.15) is 24.4 Å². The quantitative estimate of drug-likeness (QED) is 0.442. The molecule has 1 atom stereocenters. The minimum absolute atomic E-state index is 0.119. The fraction of sp³-hybridized carbons (Fsp3) is 0.474. The summed E-state index contributed by atoms with van der Waals surface area (Å²) in [5.74, 6) is -0.640. The predicted octanol–water partition coefficient (Wildman–Crippen LogP) is 1.66. The van der Waals surface area contributed by atoms with Crippen molar-refractivity contribution in [3.8, 4) is 5.75 Å². The van der Waals surface area contributed by atoms with E-state index in [1.54, 1.807) is 25.1 Å². The number of imide groups is 1. The molecule has 1 aromatic rings. The van der Waals surface area contributed by atoms with Crippen LogP contribution in [0, 0.1) is 5.92 Å². The number of Topliss-reactive ketones (excluding diaryl/α,β-unsaturated/α-hetero) is 1. The van der Waals surface area contributed by atoms with E-state index in [-0.39, 0.29) is 18.3 Å². The fourth-order valence-electron chi connectivity index (χ4n) is 3.24. The Morgan fingerprint density at radius 1 is 1.30 bits per heavy atom. The summed E-state index contributed by atoms with van der Waals surface area (Å²) in [7, 11) is 1.47. The SMILES string of the molecule is COc1ccc(C(C)=O)cc1COC(=O)CN1C(=O)N[C@@](C)(C2CC2)C1=O. The normalized spacial score (nSPS) is 21.8. The van der Waals surface area contributed by atoms with E-state index in [1.165, 1.54) is 14.0 Å². The molecular formula is C19H22N2O6. The number of ether oxygens (including phenoxy) is 2. The van der Waals surface area contributed by atoms with Gasteiger partial charge in [-0.05, 0) is 50.8 Å². The van der Waals surface area contributed by atoms with Gasteiger partial charge in [-0.3, -0.25) is 19.3 Å². The standard InChI is InChI=1S/C19H22N2O6/c1-11(22)12-4-7-15(26-3)13(8-12)10-27-16(23)9-21-17(24)19(2,14-5-6-14)20-18(21)25/h4,7-8,14H,5-6,9-10H2,1-3H3,(H,20,25)/t19-/m0/s1. The van der Waals surface area contributed by atoms with Gasteiger partial charge in [0.05, 0.1) is 7.11 Å². The summed E-state index contributed by atoms with van der Waals surface area (Å²) in [5.41, 5.74) is 0.0610. The van der Waals surface area contributed by atoms with Gasteiger partial charge in [0.15, 0.2) is 5.78 Å². The van der Waals surface area contributed by atoms with Crippen LogP contribution >= 0.6 is 0 Å². The Kier molecular flexibility index (Phi) is 4.91. The average molecular weight is 374 g/mol. The van der Waals surface area contributed by atoms with E-state index in [0.29, 0.717) is 16.9 Å². The summed E-state index contributed by atoms with van der Waals surface area (Å²) in [6.07, 6.45) is 1.76. The third-order valence-electron chi connectivity index (χ3n) is 5.06. The van der Waals surface area contributed by atoms with Gasteiger partial charge in [-0.1, -0.05) is 0 Å². The Labute approximate surface area is 156 Å². The van der Waals surface area contributed by atoms with Gasteiger partial charge >= 0.3 is 12.0 Å². The molecule has 1 heterocycles. The van der Waals surface area contributed by atoms with Crippen LogP contribution in [0.5, 0.6) is 5.75 Å². The highest BCUT2D eigenvalue weighted by molar-refractivity contribution is 6.08. The van der Waals surface area contributed by atoms with E-state index in [2.05, 4.69) is 5.32 Å². The Hall–Kier alpha value is -2.90. The lowest BCUT2D eigenvalue weighted by Crippen LogP contribution is -2.46. The largest absolute Gasteiger partial charge is 0.496 e. The summed E-state index contributed by atoms with van der Waals surface area (Å²) in [4.78, 5) is 49.2. The van der Waals surface area contributed by atoms with Crippen molar-refractivity contribution in [2.24, 2.45) is 5.92 Å². The molecule has 1 aliphatic heterocycles. The number of esters is 1. The maximum atomic E-state index is 12.5. The van der Waals surface area contributed by atoms with Crippen LogP contribution < -0.4 is 10.1 Å². The molecule has 2 aliphatic rings. The number of carbonyl (C=O) groups is 4. The first kappa shape index (κ1) is 18.9. The van der Waals surface area contributed by atoms with Gasteiger partial charge in [-0.2, -0.15) is 0 Å². The van der Waals surface area contributed by atoms with E-state index in [9.17, 15) is 19.2 Å². The molecule has 144 valence electrons. The third kappa shape index (κ3) is 3.65. The van der Waals surface area contributed by atoms with Crippen molar-refractivity contribution in [1.82, 2.24) is 10.2 Å². The predicted molar refractivity (Wildman–Crippen MR) is 94.2 cm³/mol. The molecular weight excluding hydrogens is 352 g/mol. The number of urea groups is 1. The molecule has 1 aliphatic carbocycles. The highest BCUT2D eigenvalue weighted by Gasteiger charge is 2.56. The van der Waals surface area contributed by atoms with Crippen molar-refractivity contribution in [2.45, 2.75) is 38.8 Å². The Balaban J connectivity index is 1.63. The van der Waals surface area contributed by atoms with Gasteiger partial charge < -0.3 is 14.8 Å². The molecule has 1 saturated carbocycles. The monoisotopic (exact) mass is 374 g/mol. The lowest BCUT2D eigenvalue weighted by Gasteiger charge is -2.20. The number of amides is 3. The molecule has 8 heteroatoms. The van der Waals surface area contributed by atoms with Gasteiger partial charge in [0.25, 0.3) is 5.91 Å². The molecule has 3 amide bonds. The number of carbonyl (C=O) groups excluding carboxylic acids is 4. The van der Waals surface area contributed by atoms with Gasteiger partial charge in [-0.25, -0.2) is 4.79 Å². The summed E-state index contributed by atoms with van der Waals surface area (Å²) < 4.78 is 10.4. The van der Waals surface area contributed by atoms with Crippen molar-refractivity contribution in [3.05, 3.63) is 29.3 Å². The topological polar surface area (TPSA) is 102 Å². The number of ketones is 1. The van der Waals surface area contributed by atoms with E-state index in [0.717, 1.165) is 17.7 Å². The van der Waals surface area contributed by atoms with E-state index in [1.807, 2.05) is 0 Å². The number of nitrogens with one attached hydrogen (secondary N) is 1. The van der Waals surface area contributed by atoms with Gasteiger partial charge in [0, 0.05) is 11.1 Å². The number of hydrogen-bond donors (Lipinski definition) is 1. The van der Waals surface area contributed by atoms with Crippen molar-refractivity contribution in [1.29, 1.82) is 0 Å². The first-order chi connectivity index (χ1) is 12.8. The summed E-state index contributed by atoms with van der Waals surface area (Å²) >= 11 is 0. The fourth-order valence-corrected chi connectivity index (χ4v) is 3.24. The molecule has 3 rings (SSSR count). The molecule has 1 N–H and O–H groups in total. The molecule has 2 fully saturated rings. The number of rotatable bonds is 7. The van der Waals surface area contributed by atoms with Crippen LogP contribution in [0.1, 0.15) is 42.6 Å². The molecule has 0 bridgehead atoms. The average Bonchev–Trinajstić information content (AvgIpc) is 3.45. The molecule has 8 nitrogen and oxygen atoms in total. The first-order valence-corrected chi connectivity index (χ1v) is 8.74. The second-order valence-corrected chi connectivity index (χ2v) is 7.04. The third-order valence-corrected chi connectivity index (χ3v) is 5.06. The molecule has 0 spiro atoms.